The van der Waals surface area contributed by atoms with E-state index >= 15 is 0 Å². The lowest BCUT2D eigenvalue weighted by Gasteiger charge is -2.35. The van der Waals surface area contributed by atoms with Gasteiger partial charge in [-0.1, -0.05) is 37.4 Å². The number of amides is 1. The van der Waals surface area contributed by atoms with Crippen molar-refractivity contribution in [3.63, 3.8) is 0 Å². The first-order valence-corrected chi connectivity index (χ1v) is 10.6. The molecule has 0 saturated heterocycles. The largest absolute Gasteiger partial charge is 0.388 e. The highest BCUT2D eigenvalue weighted by molar-refractivity contribution is 6.35. The summed E-state index contributed by atoms with van der Waals surface area (Å²) in [6.45, 7) is 2.40. The Morgan fingerprint density at radius 1 is 1.32 bits per heavy atom. The van der Waals surface area contributed by atoms with E-state index in [-0.39, 0.29) is 12.5 Å². The molecular weight excluding hydrogens is 372 g/mol. The van der Waals surface area contributed by atoms with Crippen LogP contribution in [0.2, 0.25) is 5.02 Å². The standard InChI is InChI=1S/C23H27ClN2O2/c1-15-5-4-12-23(28,13-15)14-25-22(27)21-17-8-10-19(16-6-2-3-7-16)26-20(17)11-9-18(21)24/h6,8-11,15,28H,2-5,7,12-14H2,1H3,(H,25,27)/t15-,23-/m0/s1. The Kier molecular flexibility index (Phi) is 5.44. The molecule has 1 saturated carbocycles. The van der Waals surface area contributed by atoms with Gasteiger partial charge in [0, 0.05) is 11.9 Å². The molecule has 0 aliphatic heterocycles. The highest BCUT2D eigenvalue weighted by Gasteiger charge is 2.33. The van der Waals surface area contributed by atoms with Crippen LogP contribution in [0, 0.1) is 5.92 Å². The molecule has 2 atom stereocenters. The van der Waals surface area contributed by atoms with Gasteiger partial charge in [0.05, 0.1) is 27.4 Å². The number of hydrogen-bond donors (Lipinski definition) is 2. The Hall–Kier alpha value is -1.91. The number of benzene rings is 1. The zero-order valence-corrected chi connectivity index (χ0v) is 17.1. The number of nitrogens with zero attached hydrogens (tertiary/aromatic N) is 1. The lowest BCUT2D eigenvalue weighted by atomic mass is 9.79. The van der Waals surface area contributed by atoms with Crippen molar-refractivity contribution in [1.82, 2.24) is 10.3 Å². The van der Waals surface area contributed by atoms with Crippen LogP contribution in [0.15, 0.2) is 30.3 Å². The summed E-state index contributed by atoms with van der Waals surface area (Å²) in [4.78, 5) is 17.7. The zero-order chi connectivity index (χ0) is 19.7. The number of nitrogens with one attached hydrogen (secondary N) is 1. The number of aromatic nitrogens is 1. The smallest absolute Gasteiger partial charge is 0.253 e. The molecule has 2 aromatic rings. The molecule has 2 aliphatic rings. The Morgan fingerprint density at radius 2 is 2.18 bits per heavy atom. The highest BCUT2D eigenvalue weighted by Crippen LogP contribution is 2.33. The van der Waals surface area contributed by atoms with E-state index in [2.05, 4.69) is 18.3 Å². The Bertz CT molecular complexity index is 940. The summed E-state index contributed by atoms with van der Waals surface area (Å²) in [5.74, 6) is 0.223. The van der Waals surface area contributed by atoms with Gasteiger partial charge in [0.25, 0.3) is 5.91 Å². The molecule has 2 aliphatic carbocycles. The van der Waals surface area contributed by atoms with Gasteiger partial charge in [-0.05, 0) is 67.9 Å². The fourth-order valence-electron chi connectivity index (χ4n) is 4.62. The van der Waals surface area contributed by atoms with Crippen LogP contribution in [0.25, 0.3) is 16.5 Å². The highest BCUT2D eigenvalue weighted by atomic mass is 35.5. The van der Waals surface area contributed by atoms with Gasteiger partial charge in [0.2, 0.25) is 0 Å². The van der Waals surface area contributed by atoms with Crippen molar-refractivity contribution in [2.24, 2.45) is 5.92 Å². The van der Waals surface area contributed by atoms with Crippen molar-refractivity contribution in [1.29, 1.82) is 0 Å². The maximum absolute atomic E-state index is 12.9. The molecule has 0 bridgehead atoms. The number of fused-ring (bicyclic) bond motifs is 1. The van der Waals surface area contributed by atoms with Gasteiger partial charge in [-0.2, -0.15) is 0 Å². The average Bonchev–Trinajstić information content (AvgIpc) is 3.20. The first-order valence-electron chi connectivity index (χ1n) is 10.2. The lowest BCUT2D eigenvalue weighted by Crippen LogP contribution is -2.45. The number of hydrogen-bond acceptors (Lipinski definition) is 3. The van der Waals surface area contributed by atoms with Gasteiger partial charge in [0.1, 0.15) is 0 Å². The molecule has 1 heterocycles. The molecule has 2 N–H and O–H groups in total. The third kappa shape index (κ3) is 3.94. The van der Waals surface area contributed by atoms with Crippen LogP contribution in [-0.2, 0) is 0 Å². The van der Waals surface area contributed by atoms with Crippen molar-refractivity contribution >= 4 is 34.0 Å². The number of carbonyl (C=O) groups is 1. The van der Waals surface area contributed by atoms with Crippen molar-refractivity contribution in [2.75, 3.05) is 6.54 Å². The van der Waals surface area contributed by atoms with E-state index in [1.165, 1.54) is 12.0 Å². The molecule has 4 nitrogen and oxygen atoms in total. The molecule has 0 radical (unpaired) electrons. The first kappa shape index (κ1) is 19.4. The maximum atomic E-state index is 12.9. The van der Waals surface area contributed by atoms with E-state index in [1.54, 1.807) is 6.07 Å². The normalized spacial score (nSPS) is 25.0. The Morgan fingerprint density at radius 3 is 2.93 bits per heavy atom. The van der Waals surface area contributed by atoms with Crippen molar-refractivity contribution in [3.8, 4) is 0 Å². The summed E-state index contributed by atoms with van der Waals surface area (Å²) in [5.41, 5.74) is 2.63. The minimum Gasteiger partial charge on any atom is -0.388 e. The minimum atomic E-state index is -0.829. The molecular formula is C23H27ClN2O2. The first-order chi connectivity index (χ1) is 13.5. The van der Waals surface area contributed by atoms with Crippen LogP contribution in [-0.4, -0.2) is 28.1 Å². The molecule has 1 aromatic carbocycles. The molecule has 4 rings (SSSR count). The number of aliphatic hydroxyl groups is 1. The SMILES string of the molecule is C[C@H]1CCC[C@@](O)(CNC(=O)c2c(Cl)ccc3nc(C4=CCCC4)ccc23)C1. The van der Waals surface area contributed by atoms with Gasteiger partial charge >= 0.3 is 0 Å². The second-order valence-corrected chi connectivity index (χ2v) is 8.82. The van der Waals surface area contributed by atoms with Crippen LogP contribution < -0.4 is 5.32 Å². The van der Waals surface area contributed by atoms with Crippen molar-refractivity contribution in [3.05, 3.63) is 46.6 Å². The molecule has 1 amide bonds. The summed E-state index contributed by atoms with van der Waals surface area (Å²) in [7, 11) is 0. The molecule has 0 spiro atoms. The van der Waals surface area contributed by atoms with E-state index in [4.69, 9.17) is 16.6 Å². The predicted octanol–water partition coefficient (Wildman–Crippen LogP) is 5.13. The third-order valence-electron chi connectivity index (χ3n) is 6.06. The van der Waals surface area contributed by atoms with Crippen molar-refractivity contribution in [2.45, 2.75) is 57.5 Å². The zero-order valence-electron chi connectivity index (χ0n) is 16.3. The summed E-state index contributed by atoms with van der Waals surface area (Å²) in [6, 6.07) is 7.51. The summed E-state index contributed by atoms with van der Waals surface area (Å²) in [6.07, 6.45) is 9.13. The topological polar surface area (TPSA) is 62.2 Å². The van der Waals surface area contributed by atoms with E-state index in [9.17, 15) is 9.90 Å². The van der Waals surface area contributed by atoms with E-state index in [1.807, 2.05) is 18.2 Å². The Labute approximate surface area is 171 Å². The number of pyridine rings is 1. The van der Waals surface area contributed by atoms with E-state index in [0.29, 0.717) is 16.5 Å². The van der Waals surface area contributed by atoms with Gasteiger partial charge in [-0.25, -0.2) is 4.98 Å². The number of halogens is 1. The molecule has 148 valence electrons. The molecule has 28 heavy (non-hydrogen) atoms. The molecule has 0 unspecified atom stereocenters. The number of carbonyl (C=O) groups excluding carboxylic acids is 1. The predicted molar refractivity (Wildman–Crippen MR) is 113 cm³/mol. The average molecular weight is 399 g/mol. The molecule has 5 heteroatoms. The van der Waals surface area contributed by atoms with Gasteiger partial charge < -0.3 is 10.4 Å². The summed E-state index contributed by atoms with van der Waals surface area (Å²) in [5, 5.41) is 14.9. The second-order valence-electron chi connectivity index (χ2n) is 8.42. The van der Waals surface area contributed by atoms with Crippen LogP contribution in [0.1, 0.15) is 67.9 Å². The monoisotopic (exact) mass is 398 g/mol. The Balaban J connectivity index is 1.58. The minimum absolute atomic E-state index is 0.251. The number of rotatable bonds is 4. The number of allylic oxidation sites excluding steroid dienone is 2. The van der Waals surface area contributed by atoms with Crippen LogP contribution in [0.5, 0.6) is 0 Å². The maximum Gasteiger partial charge on any atom is 0.253 e. The fraction of sp³-hybridized carbons (Fsp3) is 0.478. The van der Waals surface area contributed by atoms with Crippen LogP contribution in [0.4, 0.5) is 0 Å². The van der Waals surface area contributed by atoms with E-state index in [0.717, 1.165) is 55.1 Å². The van der Waals surface area contributed by atoms with Gasteiger partial charge in [0.15, 0.2) is 0 Å². The second kappa shape index (κ2) is 7.84. The van der Waals surface area contributed by atoms with Crippen LogP contribution >= 0.6 is 11.6 Å². The van der Waals surface area contributed by atoms with Crippen LogP contribution in [0.3, 0.4) is 0 Å². The quantitative estimate of drug-likeness (QED) is 0.750. The van der Waals surface area contributed by atoms with Gasteiger partial charge in [-0.15, -0.1) is 0 Å². The molecule has 1 aromatic heterocycles. The van der Waals surface area contributed by atoms with Gasteiger partial charge in [-0.3, -0.25) is 4.79 Å². The fourth-order valence-corrected chi connectivity index (χ4v) is 4.87. The molecule has 1 fully saturated rings. The lowest BCUT2D eigenvalue weighted by molar-refractivity contribution is -0.0109. The summed E-state index contributed by atoms with van der Waals surface area (Å²) < 4.78 is 0. The van der Waals surface area contributed by atoms with Crippen molar-refractivity contribution < 1.29 is 9.90 Å². The third-order valence-corrected chi connectivity index (χ3v) is 6.38. The van der Waals surface area contributed by atoms with E-state index < -0.39 is 5.60 Å². The summed E-state index contributed by atoms with van der Waals surface area (Å²) >= 11 is 6.38.